The number of benzene rings is 1. The second kappa shape index (κ2) is 5.95. The van der Waals surface area contributed by atoms with Crippen molar-refractivity contribution in [3.63, 3.8) is 0 Å². The van der Waals surface area contributed by atoms with E-state index in [4.69, 9.17) is 0 Å². The monoisotopic (exact) mass is 286 g/mol. The van der Waals surface area contributed by atoms with E-state index in [0.717, 1.165) is 12.3 Å². The van der Waals surface area contributed by atoms with Crippen LogP contribution in [0.25, 0.3) is 0 Å². The molecule has 0 radical (unpaired) electrons. The average Bonchev–Trinajstić information content (AvgIpc) is 2.90. The van der Waals surface area contributed by atoms with Crippen LogP contribution in [0, 0.1) is 5.92 Å². The fraction of sp³-hybridized carbons (Fsp3) is 0.500. The maximum absolute atomic E-state index is 11.9. The third kappa shape index (κ3) is 3.18. The first-order chi connectivity index (χ1) is 8.63. The normalized spacial score (nSPS) is 19.9. The summed E-state index contributed by atoms with van der Waals surface area (Å²) < 4.78 is 26.1. The Balaban J connectivity index is 2.12. The molecule has 0 aromatic heterocycles. The van der Waals surface area contributed by atoms with Crippen LogP contribution in [0.4, 0.5) is 5.69 Å². The minimum atomic E-state index is -3.39. The maximum atomic E-state index is 11.9. The zero-order valence-corrected chi connectivity index (χ0v) is 12.0. The van der Waals surface area contributed by atoms with E-state index < -0.39 is 10.0 Å². The first-order valence-corrected chi connectivity index (χ1v) is 8.61. The van der Waals surface area contributed by atoms with Gasteiger partial charge in [0.25, 0.3) is 0 Å². The predicted molar refractivity (Wildman–Crippen MR) is 76.6 cm³/mol. The highest BCUT2D eigenvalue weighted by molar-refractivity contribution is 7.99. The van der Waals surface area contributed by atoms with Crippen LogP contribution in [0.5, 0.6) is 0 Å². The van der Waals surface area contributed by atoms with Gasteiger partial charge in [0.2, 0.25) is 10.0 Å². The van der Waals surface area contributed by atoms with Crippen molar-refractivity contribution in [1.29, 1.82) is 0 Å². The van der Waals surface area contributed by atoms with Gasteiger partial charge in [-0.1, -0.05) is 12.1 Å². The molecule has 100 valence electrons. The van der Waals surface area contributed by atoms with E-state index in [9.17, 15) is 8.42 Å². The van der Waals surface area contributed by atoms with Crippen molar-refractivity contribution < 1.29 is 8.42 Å². The molecule has 2 rings (SSSR count). The molecule has 0 aliphatic carbocycles. The Morgan fingerprint density at radius 1 is 1.39 bits per heavy atom. The van der Waals surface area contributed by atoms with Crippen molar-refractivity contribution >= 4 is 27.5 Å². The minimum Gasteiger partial charge on any atom is -0.384 e. The number of hydrogen-bond donors (Lipinski definition) is 2. The van der Waals surface area contributed by atoms with E-state index >= 15 is 0 Å². The van der Waals surface area contributed by atoms with Gasteiger partial charge in [0.1, 0.15) is 4.90 Å². The summed E-state index contributed by atoms with van der Waals surface area (Å²) in [5, 5.41) is 3.26. The van der Waals surface area contributed by atoms with E-state index in [-0.39, 0.29) is 0 Å². The topological polar surface area (TPSA) is 58.2 Å². The molecule has 1 saturated heterocycles. The second-order valence-corrected chi connectivity index (χ2v) is 7.32. The number of thioether (sulfide) groups is 1. The predicted octanol–water partition coefficient (Wildman–Crippen LogP) is 1.76. The Morgan fingerprint density at radius 3 is 2.83 bits per heavy atom. The molecule has 1 unspecified atom stereocenters. The zero-order chi connectivity index (χ0) is 13.0. The van der Waals surface area contributed by atoms with Crippen molar-refractivity contribution in [3.8, 4) is 0 Å². The number of sulfonamides is 1. The van der Waals surface area contributed by atoms with Gasteiger partial charge in [0, 0.05) is 6.54 Å². The summed E-state index contributed by atoms with van der Waals surface area (Å²) in [5.41, 5.74) is 0.684. The molecular formula is C12H18N2O2S2. The number of hydrogen-bond acceptors (Lipinski definition) is 4. The molecule has 1 fully saturated rings. The van der Waals surface area contributed by atoms with Crippen molar-refractivity contribution in [2.75, 3.05) is 30.4 Å². The van der Waals surface area contributed by atoms with Gasteiger partial charge in [-0.25, -0.2) is 13.1 Å². The lowest BCUT2D eigenvalue weighted by atomic mass is 10.1. The highest BCUT2D eigenvalue weighted by atomic mass is 32.2. The lowest BCUT2D eigenvalue weighted by molar-refractivity contribution is 0.588. The van der Waals surface area contributed by atoms with Crippen molar-refractivity contribution in [1.82, 2.24) is 4.72 Å². The van der Waals surface area contributed by atoms with Gasteiger partial charge in [-0.2, -0.15) is 11.8 Å². The standard InChI is InChI=1S/C12H18N2O2S2/c1-13-18(15,16)12-5-3-2-4-11(12)14-8-10-6-7-17-9-10/h2-5,10,13-14H,6-9H2,1H3. The highest BCUT2D eigenvalue weighted by Gasteiger charge is 2.18. The van der Waals surface area contributed by atoms with Gasteiger partial charge in [-0.05, 0) is 43.0 Å². The highest BCUT2D eigenvalue weighted by Crippen LogP contribution is 2.25. The number of nitrogens with one attached hydrogen (secondary N) is 2. The van der Waals surface area contributed by atoms with Crippen LogP contribution in [-0.4, -0.2) is 33.5 Å². The molecule has 2 N–H and O–H groups in total. The Hall–Kier alpha value is -0.720. The molecule has 1 atom stereocenters. The van der Waals surface area contributed by atoms with Crippen molar-refractivity contribution in [2.24, 2.45) is 5.92 Å². The SMILES string of the molecule is CNS(=O)(=O)c1ccccc1NCC1CCSC1. The molecule has 1 aromatic carbocycles. The van der Waals surface area contributed by atoms with Gasteiger partial charge in [-0.3, -0.25) is 0 Å². The van der Waals surface area contributed by atoms with Crippen LogP contribution in [0.3, 0.4) is 0 Å². The van der Waals surface area contributed by atoms with Crippen molar-refractivity contribution in [3.05, 3.63) is 24.3 Å². The van der Waals surface area contributed by atoms with Crippen LogP contribution < -0.4 is 10.0 Å². The number of para-hydroxylation sites is 1. The Bertz CT molecular complexity index is 497. The van der Waals surface area contributed by atoms with Crippen LogP contribution in [-0.2, 0) is 10.0 Å². The summed E-state index contributed by atoms with van der Waals surface area (Å²) in [6.45, 7) is 0.837. The van der Waals surface area contributed by atoms with E-state index in [1.54, 1.807) is 12.1 Å². The maximum Gasteiger partial charge on any atom is 0.242 e. The molecule has 1 aliphatic heterocycles. The van der Waals surface area contributed by atoms with E-state index in [0.29, 0.717) is 16.5 Å². The van der Waals surface area contributed by atoms with Crippen LogP contribution in [0.1, 0.15) is 6.42 Å². The number of anilines is 1. The fourth-order valence-electron chi connectivity index (χ4n) is 1.96. The smallest absolute Gasteiger partial charge is 0.242 e. The molecule has 4 nitrogen and oxygen atoms in total. The zero-order valence-electron chi connectivity index (χ0n) is 10.3. The quantitative estimate of drug-likeness (QED) is 0.866. The third-order valence-electron chi connectivity index (χ3n) is 3.05. The molecular weight excluding hydrogens is 268 g/mol. The van der Waals surface area contributed by atoms with Gasteiger partial charge >= 0.3 is 0 Å². The molecule has 0 amide bonds. The Labute approximate surface area is 113 Å². The van der Waals surface area contributed by atoms with Crippen LogP contribution >= 0.6 is 11.8 Å². The molecule has 18 heavy (non-hydrogen) atoms. The largest absolute Gasteiger partial charge is 0.384 e. The van der Waals surface area contributed by atoms with Crippen molar-refractivity contribution in [2.45, 2.75) is 11.3 Å². The average molecular weight is 286 g/mol. The fourth-order valence-corrected chi connectivity index (χ4v) is 4.15. The summed E-state index contributed by atoms with van der Waals surface area (Å²) in [6.07, 6.45) is 1.21. The second-order valence-electron chi connectivity index (χ2n) is 4.31. The van der Waals surface area contributed by atoms with E-state index in [1.165, 1.54) is 19.2 Å². The summed E-state index contributed by atoms with van der Waals surface area (Å²) in [6, 6.07) is 7.02. The molecule has 0 bridgehead atoms. The number of rotatable bonds is 5. The van der Waals surface area contributed by atoms with Crippen LogP contribution in [0.15, 0.2) is 29.2 Å². The Morgan fingerprint density at radius 2 is 2.17 bits per heavy atom. The van der Waals surface area contributed by atoms with E-state index in [1.807, 2.05) is 23.9 Å². The third-order valence-corrected chi connectivity index (χ3v) is 5.75. The van der Waals surface area contributed by atoms with Gasteiger partial charge in [0.05, 0.1) is 5.69 Å². The first-order valence-electron chi connectivity index (χ1n) is 5.97. The minimum absolute atomic E-state index is 0.318. The molecule has 1 aliphatic rings. The lowest BCUT2D eigenvalue weighted by Crippen LogP contribution is -2.21. The molecule has 1 aromatic rings. The Kier molecular flexibility index (Phi) is 4.53. The lowest BCUT2D eigenvalue weighted by Gasteiger charge is -2.14. The van der Waals surface area contributed by atoms with Crippen LogP contribution in [0.2, 0.25) is 0 Å². The first kappa shape index (κ1) is 13.7. The summed E-state index contributed by atoms with van der Waals surface area (Å²) in [7, 11) is -1.96. The van der Waals surface area contributed by atoms with Gasteiger partial charge in [0.15, 0.2) is 0 Å². The molecule has 0 saturated carbocycles. The summed E-state index contributed by atoms with van der Waals surface area (Å²) in [5.74, 6) is 3.01. The summed E-state index contributed by atoms with van der Waals surface area (Å²) >= 11 is 1.96. The molecule has 0 spiro atoms. The molecule has 1 heterocycles. The summed E-state index contributed by atoms with van der Waals surface area (Å²) in [4.78, 5) is 0.318. The molecule has 6 heteroatoms. The van der Waals surface area contributed by atoms with Gasteiger partial charge < -0.3 is 5.32 Å². The van der Waals surface area contributed by atoms with Gasteiger partial charge in [-0.15, -0.1) is 0 Å². The van der Waals surface area contributed by atoms with E-state index in [2.05, 4.69) is 10.0 Å².